The summed E-state index contributed by atoms with van der Waals surface area (Å²) in [7, 11) is -1.11. The molecule has 0 aliphatic carbocycles. The predicted octanol–water partition coefficient (Wildman–Crippen LogP) is 2.47. The molecule has 0 aliphatic rings. The van der Waals surface area contributed by atoms with E-state index >= 15 is 0 Å². The van der Waals surface area contributed by atoms with Crippen LogP contribution in [-0.2, 0) is 14.0 Å². The van der Waals surface area contributed by atoms with Gasteiger partial charge in [-0.15, -0.1) is 0 Å². The van der Waals surface area contributed by atoms with E-state index < -0.39 is 7.32 Å². The minimum absolute atomic E-state index is 0.0696. The maximum atomic E-state index is 11.6. The fourth-order valence-corrected chi connectivity index (χ4v) is 0.656. The molecule has 16 heavy (non-hydrogen) atoms. The topological polar surface area (TPSA) is 27.7 Å². The highest BCUT2D eigenvalue weighted by Gasteiger charge is 2.19. The van der Waals surface area contributed by atoms with Crippen molar-refractivity contribution in [2.24, 2.45) is 0 Å². The fourth-order valence-electron chi connectivity index (χ4n) is 0.656. The Morgan fingerprint density at radius 1 is 0.688 bits per heavy atom. The summed E-state index contributed by atoms with van der Waals surface area (Å²) in [5.41, 5.74) is 0. The van der Waals surface area contributed by atoms with Gasteiger partial charge in [-0.1, -0.05) is 0 Å². The van der Waals surface area contributed by atoms with E-state index in [0.717, 1.165) is 18.2 Å². The molecular weight excluding hydrogens is 224 g/mol. The van der Waals surface area contributed by atoms with Gasteiger partial charge < -0.3 is 14.0 Å². The van der Waals surface area contributed by atoms with Crippen molar-refractivity contribution in [3.63, 3.8) is 0 Å². The highest BCUT2D eigenvalue weighted by Crippen LogP contribution is 1.95. The van der Waals surface area contributed by atoms with E-state index in [0.29, 0.717) is 19.0 Å². The lowest BCUT2D eigenvalue weighted by Gasteiger charge is -2.10. The van der Waals surface area contributed by atoms with Crippen molar-refractivity contribution in [3.05, 3.63) is 37.2 Å². The van der Waals surface area contributed by atoms with Gasteiger partial charge in [0.15, 0.2) is 0 Å². The van der Waals surface area contributed by atoms with E-state index in [2.05, 4.69) is 0 Å². The first-order valence-corrected chi connectivity index (χ1v) is 4.45. The standard InChI is InChI=1S/C9H12BF3O3/c11-4-1-7-14-10(15-8-2-5-12)16-9-3-6-13/h1-6H,7-9H2. The van der Waals surface area contributed by atoms with Crippen molar-refractivity contribution in [3.8, 4) is 0 Å². The minimum atomic E-state index is -1.11. The van der Waals surface area contributed by atoms with Crippen molar-refractivity contribution in [1.82, 2.24) is 0 Å². The highest BCUT2D eigenvalue weighted by molar-refractivity contribution is 6.36. The van der Waals surface area contributed by atoms with Crippen LogP contribution in [0.25, 0.3) is 0 Å². The Labute approximate surface area is 92.4 Å². The van der Waals surface area contributed by atoms with Crippen LogP contribution in [0.1, 0.15) is 0 Å². The van der Waals surface area contributed by atoms with Gasteiger partial charge in [0.05, 0.1) is 38.8 Å². The summed E-state index contributed by atoms with van der Waals surface area (Å²) in [6.45, 7) is -0.209. The number of halogens is 3. The summed E-state index contributed by atoms with van der Waals surface area (Å²) in [6.07, 6.45) is 4.20. The molecule has 0 amide bonds. The Balaban J connectivity index is 3.84. The normalized spacial score (nSPS) is 12.2. The van der Waals surface area contributed by atoms with Crippen LogP contribution in [-0.4, -0.2) is 27.1 Å². The molecule has 0 rings (SSSR count). The van der Waals surface area contributed by atoms with E-state index in [1.807, 2.05) is 0 Å². The molecular formula is C9H12BF3O3. The second-order valence-electron chi connectivity index (χ2n) is 2.37. The summed E-state index contributed by atoms with van der Waals surface area (Å²) in [4.78, 5) is 0. The summed E-state index contributed by atoms with van der Waals surface area (Å²) < 4.78 is 49.5. The van der Waals surface area contributed by atoms with Crippen molar-refractivity contribution >= 4 is 7.32 Å². The minimum Gasteiger partial charge on any atom is -0.382 e. The van der Waals surface area contributed by atoms with E-state index in [1.54, 1.807) is 0 Å². The smallest absolute Gasteiger partial charge is 0.382 e. The Kier molecular flexibility index (Phi) is 11.2. The molecule has 0 bridgehead atoms. The zero-order valence-corrected chi connectivity index (χ0v) is 8.52. The van der Waals surface area contributed by atoms with Gasteiger partial charge >= 0.3 is 7.32 Å². The molecule has 0 heterocycles. The molecule has 0 spiro atoms. The molecule has 0 saturated heterocycles. The highest BCUT2D eigenvalue weighted by atomic mass is 19.1. The third kappa shape index (κ3) is 9.51. The molecule has 7 heteroatoms. The maximum Gasteiger partial charge on any atom is 0.640 e. The Morgan fingerprint density at radius 2 is 1.00 bits per heavy atom. The number of rotatable bonds is 9. The van der Waals surface area contributed by atoms with Crippen LogP contribution >= 0.6 is 0 Å². The number of hydrogen-bond donors (Lipinski definition) is 0. The lowest BCUT2D eigenvalue weighted by Crippen LogP contribution is -2.27. The van der Waals surface area contributed by atoms with Gasteiger partial charge in [-0.3, -0.25) is 0 Å². The first kappa shape index (κ1) is 15.0. The Hall–Kier alpha value is -1.05. The summed E-state index contributed by atoms with van der Waals surface area (Å²) >= 11 is 0. The summed E-state index contributed by atoms with van der Waals surface area (Å²) in [6, 6.07) is 0. The molecule has 0 radical (unpaired) electrons. The largest absolute Gasteiger partial charge is 0.640 e. The van der Waals surface area contributed by atoms with Crippen LogP contribution in [0.5, 0.6) is 0 Å². The fraction of sp³-hybridized carbons (Fsp3) is 0.333. The van der Waals surface area contributed by atoms with E-state index in [4.69, 9.17) is 14.0 Å². The Bertz CT molecular complexity index is 196. The van der Waals surface area contributed by atoms with Crippen LogP contribution in [0.4, 0.5) is 13.2 Å². The third-order valence-electron chi connectivity index (χ3n) is 1.25. The van der Waals surface area contributed by atoms with Crippen LogP contribution < -0.4 is 0 Å². The maximum absolute atomic E-state index is 11.6. The lowest BCUT2D eigenvalue weighted by molar-refractivity contribution is 0.122. The van der Waals surface area contributed by atoms with Gasteiger partial charge in [-0.25, -0.2) is 13.2 Å². The molecule has 0 atom stereocenters. The molecule has 0 aliphatic heterocycles. The molecule has 3 nitrogen and oxygen atoms in total. The van der Waals surface area contributed by atoms with Gasteiger partial charge in [0, 0.05) is 0 Å². The predicted molar refractivity (Wildman–Crippen MR) is 54.4 cm³/mol. The van der Waals surface area contributed by atoms with Gasteiger partial charge in [0.1, 0.15) is 0 Å². The number of hydrogen-bond acceptors (Lipinski definition) is 3. The first-order valence-electron chi connectivity index (χ1n) is 4.45. The average Bonchev–Trinajstić information content (AvgIpc) is 2.29. The van der Waals surface area contributed by atoms with Crippen LogP contribution in [0.3, 0.4) is 0 Å². The molecule has 0 fully saturated rings. The Morgan fingerprint density at radius 3 is 1.25 bits per heavy atom. The van der Waals surface area contributed by atoms with Gasteiger partial charge in [0.2, 0.25) is 0 Å². The van der Waals surface area contributed by atoms with E-state index in [9.17, 15) is 13.2 Å². The van der Waals surface area contributed by atoms with Gasteiger partial charge in [-0.2, -0.15) is 0 Å². The monoisotopic (exact) mass is 236 g/mol. The van der Waals surface area contributed by atoms with Crippen LogP contribution in [0, 0.1) is 0 Å². The van der Waals surface area contributed by atoms with E-state index in [1.165, 1.54) is 0 Å². The molecule has 0 saturated carbocycles. The van der Waals surface area contributed by atoms with E-state index in [-0.39, 0.29) is 19.8 Å². The molecule has 90 valence electrons. The summed E-state index contributed by atoms with van der Waals surface area (Å²) in [5.74, 6) is 0. The molecule has 0 N–H and O–H groups in total. The molecule has 0 aromatic rings. The quantitative estimate of drug-likeness (QED) is 0.575. The van der Waals surface area contributed by atoms with Crippen molar-refractivity contribution in [1.29, 1.82) is 0 Å². The van der Waals surface area contributed by atoms with Gasteiger partial charge in [-0.05, 0) is 18.2 Å². The van der Waals surface area contributed by atoms with Crippen LogP contribution in [0.2, 0.25) is 0 Å². The second kappa shape index (κ2) is 12.0. The SMILES string of the molecule is FC=CCOB(OCC=CF)OCC=CF. The first-order chi connectivity index (χ1) is 7.85. The lowest BCUT2D eigenvalue weighted by atomic mass is 10.2. The zero-order valence-electron chi connectivity index (χ0n) is 8.52. The molecule has 0 aromatic heterocycles. The second-order valence-corrected chi connectivity index (χ2v) is 2.37. The zero-order chi connectivity index (χ0) is 12.1. The van der Waals surface area contributed by atoms with Crippen molar-refractivity contribution in [2.75, 3.05) is 19.8 Å². The van der Waals surface area contributed by atoms with Crippen LogP contribution in [0.15, 0.2) is 37.2 Å². The molecule has 0 aromatic carbocycles. The molecule has 0 unspecified atom stereocenters. The third-order valence-corrected chi connectivity index (χ3v) is 1.25. The average molecular weight is 236 g/mol. The van der Waals surface area contributed by atoms with Crippen molar-refractivity contribution < 1.29 is 27.1 Å². The van der Waals surface area contributed by atoms with Gasteiger partial charge in [0.25, 0.3) is 0 Å². The van der Waals surface area contributed by atoms with Crippen molar-refractivity contribution in [2.45, 2.75) is 0 Å². The summed E-state index contributed by atoms with van der Waals surface area (Å²) in [5, 5.41) is 0.